The first-order valence-corrected chi connectivity index (χ1v) is 19.7. The first kappa shape index (κ1) is 11.8. The minimum atomic E-state index is 0. The van der Waals surface area contributed by atoms with Gasteiger partial charge in [0.1, 0.15) is 0 Å². The quantitative estimate of drug-likeness (QED) is 0.514. The topological polar surface area (TPSA) is 0 Å². The predicted molar refractivity (Wildman–Crippen MR) is 23.8 cm³/mol. The third-order valence-corrected chi connectivity index (χ3v) is 48.6. The van der Waals surface area contributed by atoms with E-state index >= 15 is 0 Å². The Morgan fingerprint density at radius 1 is 1.17 bits per heavy atom. The number of rotatable bonds is 2. The second kappa shape index (κ2) is 10.9. The summed E-state index contributed by atoms with van der Waals surface area (Å²) in [5.74, 6) is 0. The van der Waals surface area contributed by atoms with E-state index in [9.17, 15) is 0 Å². The zero-order valence-corrected chi connectivity index (χ0v) is 13.7. The van der Waals surface area contributed by atoms with Crippen LogP contribution in [-0.4, -0.2) is 17.4 Å². The SMILES string of the molecule is [AlH3].[Zn]=[P][Zn][P]=[Zn]. The molecule has 0 aliphatic heterocycles. The molecule has 0 radical (unpaired) electrons. The van der Waals surface area contributed by atoms with Crippen LogP contribution in [0.1, 0.15) is 0 Å². The Kier molecular flexibility index (Phi) is 21.3. The zero-order valence-electron chi connectivity index (χ0n) is 3.02. The summed E-state index contributed by atoms with van der Waals surface area (Å²) in [5.41, 5.74) is 0. The van der Waals surface area contributed by atoms with Crippen LogP contribution in [-0.2, 0) is 50.8 Å². The second-order valence-corrected chi connectivity index (χ2v) is 42.8. The van der Waals surface area contributed by atoms with Crippen molar-refractivity contribution >= 4 is 26.9 Å². The van der Waals surface area contributed by atoms with Crippen LogP contribution in [0.3, 0.4) is 0 Å². The first-order valence-electron chi connectivity index (χ1n) is 1.26. The Hall–Kier alpha value is 3.00. The Labute approximate surface area is 76.6 Å². The van der Waals surface area contributed by atoms with Crippen molar-refractivity contribution < 1.29 is 50.8 Å². The van der Waals surface area contributed by atoms with E-state index in [-0.39, 0.29) is 33.5 Å². The minimum absolute atomic E-state index is 0. The van der Waals surface area contributed by atoms with Crippen molar-refractivity contribution in [2.45, 2.75) is 0 Å². The Morgan fingerprint density at radius 2 is 1.50 bits per heavy atom. The summed E-state index contributed by atoms with van der Waals surface area (Å²) in [7, 11) is 0. The van der Waals surface area contributed by atoms with E-state index < -0.39 is 0 Å². The van der Waals surface area contributed by atoms with Crippen molar-refractivity contribution in [3.63, 3.8) is 0 Å². The number of hydrogen-bond acceptors (Lipinski definition) is 0. The van der Waals surface area contributed by atoms with Crippen LogP contribution in [0, 0.1) is 0 Å². The van der Waals surface area contributed by atoms with E-state index in [0.29, 0.717) is 0 Å². The van der Waals surface area contributed by atoms with Crippen LogP contribution in [0.2, 0.25) is 0 Å². The first-order chi connectivity index (χ1) is 2.41. The van der Waals surface area contributed by atoms with Crippen molar-refractivity contribution in [3.05, 3.63) is 0 Å². The summed E-state index contributed by atoms with van der Waals surface area (Å²) >= 11 is 3.25. The normalized spacial score (nSPS) is 7.33. The Morgan fingerprint density at radius 3 is 1.50 bits per heavy atom. The second-order valence-electron chi connectivity index (χ2n) is 0.589. The van der Waals surface area contributed by atoms with Gasteiger partial charge in [0.25, 0.3) is 0 Å². The van der Waals surface area contributed by atoms with Crippen LogP contribution >= 0.6 is 9.58 Å². The van der Waals surface area contributed by atoms with Crippen molar-refractivity contribution in [2.75, 3.05) is 0 Å². The van der Waals surface area contributed by atoms with Gasteiger partial charge in [-0.1, -0.05) is 0 Å². The van der Waals surface area contributed by atoms with Gasteiger partial charge in [0, 0.05) is 0 Å². The van der Waals surface area contributed by atoms with Gasteiger partial charge >= 0.3 is 60.4 Å². The monoisotopic (exact) mass is 284 g/mol. The molecule has 0 saturated carbocycles. The molecule has 0 heterocycles. The average molecular weight is 288 g/mol. The van der Waals surface area contributed by atoms with Crippen LogP contribution in [0.15, 0.2) is 0 Å². The van der Waals surface area contributed by atoms with E-state index in [1.807, 2.05) is 9.58 Å². The fourth-order valence-corrected chi connectivity index (χ4v) is 89.3. The third-order valence-electron chi connectivity index (χ3n) is 0.200. The fourth-order valence-electron chi connectivity index (χ4n) is 0.0707. The van der Waals surface area contributed by atoms with Gasteiger partial charge in [0.2, 0.25) is 0 Å². The third kappa shape index (κ3) is 10.1. The van der Waals surface area contributed by atoms with Crippen LogP contribution in [0.25, 0.3) is 0 Å². The van der Waals surface area contributed by atoms with E-state index in [1.165, 1.54) is 0 Å². The van der Waals surface area contributed by atoms with Gasteiger partial charge in [0.05, 0.1) is 0 Å². The summed E-state index contributed by atoms with van der Waals surface area (Å²) in [6.45, 7) is 0. The fraction of sp³-hybridized carbons (Fsp3) is 0. The van der Waals surface area contributed by atoms with Gasteiger partial charge in [-0.15, -0.1) is 0 Å². The summed E-state index contributed by atoms with van der Waals surface area (Å²) < 4.78 is 0. The van der Waals surface area contributed by atoms with Gasteiger partial charge in [0.15, 0.2) is 17.4 Å². The summed E-state index contributed by atoms with van der Waals surface area (Å²) in [5, 5.41) is 0. The molecule has 6 heteroatoms. The molecule has 0 aromatic heterocycles. The van der Waals surface area contributed by atoms with Crippen molar-refractivity contribution in [1.82, 2.24) is 0 Å². The van der Waals surface area contributed by atoms with E-state index in [2.05, 4.69) is 0 Å². The molecule has 0 aromatic carbocycles. The molecule has 0 bridgehead atoms. The molecule has 0 fully saturated rings. The molecular formula is H3AlP2Zn3. The molecule has 0 nitrogen and oxygen atoms in total. The van der Waals surface area contributed by atoms with E-state index in [4.69, 9.17) is 0 Å². The molecule has 0 rings (SSSR count). The van der Waals surface area contributed by atoms with Gasteiger partial charge in [-0.05, 0) is 0 Å². The molecule has 0 aliphatic carbocycles. The van der Waals surface area contributed by atoms with Crippen LogP contribution < -0.4 is 0 Å². The van der Waals surface area contributed by atoms with Gasteiger partial charge in [-0.25, -0.2) is 0 Å². The molecule has 0 atom stereocenters. The van der Waals surface area contributed by atoms with E-state index in [1.54, 1.807) is 34.7 Å². The molecule has 0 aliphatic rings. The predicted octanol–water partition coefficient (Wildman–Crippen LogP) is 0.531. The van der Waals surface area contributed by atoms with E-state index in [0.717, 1.165) is 0 Å². The maximum absolute atomic E-state index is 1.86. The van der Waals surface area contributed by atoms with Crippen molar-refractivity contribution in [2.24, 2.45) is 0 Å². The van der Waals surface area contributed by atoms with Gasteiger partial charge in [-0.3, -0.25) is 0 Å². The average Bonchev–Trinajstić information content (AvgIpc) is 1.41. The van der Waals surface area contributed by atoms with Gasteiger partial charge < -0.3 is 0 Å². The van der Waals surface area contributed by atoms with Crippen LogP contribution in [0.5, 0.6) is 0 Å². The Bertz CT molecular complexity index is 38.1. The van der Waals surface area contributed by atoms with Crippen molar-refractivity contribution in [1.29, 1.82) is 0 Å². The zero-order chi connectivity index (χ0) is 4.12. The molecular weight excluding hydrogens is 285 g/mol. The molecule has 0 aromatic rings. The molecule has 22 valence electrons. The maximum atomic E-state index is 1.86. The molecule has 0 saturated heterocycles. The molecule has 0 amide bonds. The molecule has 0 spiro atoms. The Balaban J connectivity index is 0. The standard InChI is InChI=1S/Al.2P.3Zn.3H. The molecule has 0 N–H and O–H groups in total. The van der Waals surface area contributed by atoms with Crippen LogP contribution in [0.4, 0.5) is 0 Å². The number of hydrogen-bond donors (Lipinski definition) is 0. The molecule has 0 unspecified atom stereocenters. The summed E-state index contributed by atoms with van der Waals surface area (Å²) in [6, 6.07) is 0. The summed E-state index contributed by atoms with van der Waals surface area (Å²) in [6.07, 6.45) is 0. The van der Waals surface area contributed by atoms with Crippen molar-refractivity contribution in [3.8, 4) is 0 Å². The molecule has 6 heavy (non-hydrogen) atoms. The van der Waals surface area contributed by atoms with Gasteiger partial charge in [-0.2, -0.15) is 0 Å². The summed E-state index contributed by atoms with van der Waals surface area (Å²) in [4.78, 5) is 3.72.